The Kier molecular flexibility index (Phi) is 6.23. The normalized spacial score (nSPS) is 22.8. The fourth-order valence-electron chi connectivity index (χ4n) is 3.21. The van der Waals surface area contributed by atoms with Gasteiger partial charge in [0.2, 0.25) is 5.91 Å². The second kappa shape index (κ2) is 8.17. The largest absolute Gasteiger partial charge is 0.480 e. The average Bonchev–Trinajstić information content (AvgIpc) is 2.48. The van der Waals surface area contributed by atoms with E-state index in [1.807, 2.05) is 4.90 Å². The molecule has 0 aromatic heterocycles. The lowest BCUT2D eigenvalue weighted by atomic mass is 9.94. The summed E-state index contributed by atoms with van der Waals surface area (Å²) in [5, 5.41) is 11.6. The number of hydrogen-bond donors (Lipinski definition) is 2. The van der Waals surface area contributed by atoms with E-state index < -0.39 is 5.97 Å². The minimum Gasteiger partial charge on any atom is -0.480 e. The molecule has 0 radical (unpaired) electrons. The highest BCUT2D eigenvalue weighted by atomic mass is 16.4. The Hall–Kier alpha value is -1.36. The molecule has 1 atom stereocenters. The average molecular weight is 294 g/mol. The van der Waals surface area contributed by atoms with Crippen LogP contribution < -0.4 is 5.32 Å². The number of nitrogens with zero attached hydrogens (tertiary/aromatic N) is 1. The van der Waals surface area contributed by atoms with E-state index in [-0.39, 0.29) is 12.5 Å². The van der Waals surface area contributed by atoms with Crippen molar-refractivity contribution in [3.63, 3.8) is 0 Å². The molecule has 5 heteroatoms. The maximum absolute atomic E-state index is 12.4. The Bertz CT molecular complexity index is 406. The van der Waals surface area contributed by atoms with Crippen LogP contribution in [-0.4, -0.2) is 48.1 Å². The summed E-state index contributed by atoms with van der Waals surface area (Å²) in [6.07, 6.45) is 9.54. The number of hydrogen-bond acceptors (Lipinski definition) is 3. The number of aliphatic carboxylic acids is 1. The van der Waals surface area contributed by atoms with E-state index in [9.17, 15) is 9.59 Å². The van der Waals surface area contributed by atoms with Crippen LogP contribution in [0.2, 0.25) is 0 Å². The molecule has 0 bridgehead atoms. The lowest BCUT2D eigenvalue weighted by Crippen LogP contribution is -2.43. The topological polar surface area (TPSA) is 69.6 Å². The molecule has 118 valence electrons. The molecule has 0 aromatic rings. The van der Waals surface area contributed by atoms with Gasteiger partial charge in [-0.25, -0.2) is 0 Å². The van der Waals surface area contributed by atoms with E-state index in [0.29, 0.717) is 18.9 Å². The number of likely N-dealkylation sites (tertiary alicyclic amines) is 1. The van der Waals surface area contributed by atoms with Crippen molar-refractivity contribution >= 4 is 11.9 Å². The Morgan fingerprint density at radius 1 is 1.33 bits per heavy atom. The summed E-state index contributed by atoms with van der Waals surface area (Å²) in [4.78, 5) is 24.8. The number of carboxylic acids is 1. The van der Waals surface area contributed by atoms with Crippen LogP contribution in [0.15, 0.2) is 11.6 Å². The molecule has 0 aromatic carbocycles. The van der Waals surface area contributed by atoms with Crippen LogP contribution in [0.5, 0.6) is 0 Å². The first-order chi connectivity index (χ1) is 10.1. The zero-order valence-electron chi connectivity index (χ0n) is 12.6. The van der Waals surface area contributed by atoms with Gasteiger partial charge in [0.1, 0.15) is 0 Å². The maximum atomic E-state index is 12.4. The summed E-state index contributed by atoms with van der Waals surface area (Å²) in [6, 6.07) is 0. The summed E-state index contributed by atoms with van der Waals surface area (Å²) in [6.45, 7) is 2.29. The van der Waals surface area contributed by atoms with Crippen molar-refractivity contribution < 1.29 is 14.7 Å². The highest BCUT2D eigenvalue weighted by Crippen LogP contribution is 2.23. The molecule has 5 nitrogen and oxygen atoms in total. The number of carbonyl (C=O) groups excluding carboxylic acids is 1. The first-order valence-electron chi connectivity index (χ1n) is 8.03. The molecule has 0 saturated carbocycles. The predicted octanol–water partition coefficient (Wildman–Crippen LogP) is 1.79. The van der Waals surface area contributed by atoms with Crippen LogP contribution in [0.25, 0.3) is 0 Å². The third-order valence-corrected chi connectivity index (χ3v) is 4.34. The summed E-state index contributed by atoms with van der Waals surface area (Å²) in [5.41, 5.74) is 1.30. The molecular formula is C16H26N2O3. The third kappa shape index (κ3) is 5.50. The second-order valence-corrected chi connectivity index (χ2v) is 6.16. The molecule has 1 aliphatic carbocycles. The van der Waals surface area contributed by atoms with Crippen LogP contribution in [0, 0.1) is 5.92 Å². The minimum atomic E-state index is -0.831. The number of carbonyl (C=O) groups is 2. The van der Waals surface area contributed by atoms with E-state index in [0.717, 1.165) is 38.8 Å². The van der Waals surface area contributed by atoms with Crippen molar-refractivity contribution in [1.29, 1.82) is 0 Å². The Balaban J connectivity index is 1.75. The molecule has 21 heavy (non-hydrogen) atoms. The molecule has 2 aliphatic rings. The molecule has 0 spiro atoms. The van der Waals surface area contributed by atoms with Crippen LogP contribution in [0.1, 0.15) is 44.9 Å². The molecule has 2 N–H and O–H groups in total. The van der Waals surface area contributed by atoms with Crippen molar-refractivity contribution in [2.75, 3.05) is 26.2 Å². The van der Waals surface area contributed by atoms with Gasteiger partial charge in [-0.1, -0.05) is 11.6 Å². The van der Waals surface area contributed by atoms with Gasteiger partial charge in [0, 0.05) is 26.1 Å². The molecule has 1 unspecified atom stereocenters. The van der Waals surface area contributed by atoms with Gasteiger partial charge < -0.3 is 15.3 Å². The van der Waals surface area contributed by atoms with Crippen molar-refractivity contribution in [3.8, 4) is 0 Å². The zero-order chi connectivity index (χ0) is 15.1. The van der Waals surface area contributed by atoms with Crippen LogP contribution >= 0.6 is 0 Å². The molecule has 1 fully saturated rings. The molecule has 1 saturated heterocycles. The highest BCUT2D eigenvalue weighted by molar-refractivity contribution is 5.78. The van der Waals surface area contributed by atoms with Crippen molar-refractivity contribution in [2.45, 2.75) is 44.9 Å². The fourth-order valence-corrected chi connectivity index (χ4v) is 3.21. The van der Waals surface area contributed by atoms with E-state index in [1.165, 1.54) is 18.4 Å². The van der Waals surface area contributed by atoms with E-state index in [2.05, 4.69) is 11.4 Å². The van der Waals surface area contributed by atoms with Crippen molar-refractivity contribution in [2.24, 2.45) is 5.92 Å². The minimum absolute atomic E-state index is 0.00265. The molecule has 2 rings (SSSR count). The van der Waals surface area contributed by atoms with Crippen LogP contribution in [0.4, 0.5) is 0 Å². The Morgan fingerprint density at radius 2 is 2.19 bits per heavy atom. The standard InChI is InChI=1S/C16H26N2O3/c19-15(9-13-5-2-1-3-6-13)18-8-4-7-14(12-18)10-17-11-16(20)21/h5,14,17H,1-4,6-12H2,(H,20,21). The van der Waals surface area contributed by atoms with Crippen LogP contribution in [0.3, 0.4) is 0 Å². The first-order valence-corrected chi connectivity index (χ1v) is 8.03. The van der Waals surface area contributed by atoms with Gasteiger partial charge in [0.25, 0.3) is 0 Å². The van der Waals surface area contributed by atoms with Gasteiger partial charge in [-0.05, 0) is 44.4 Å². The summed E-state index contributed by atoms with van der Waals surface area (Å²) >= 11 is 0. The van der Waals surface area contributed by atoms with Crippen molar-refractivity contribution in [1.82, 2.24) is 10.2 Å². The number of rotatable bonds is 6. The third-order valence-electron chi connectivity index (χ3n) is 4.34. The summed E-state index contributed by atoms with van der Waals surface area (Å²) < 4.78 is 0. The molecule has 1 heterocycles. The van der Waals surface area contributed by atoms with Crippen molar-refractivity contribution in [3.05, 3.63) is 11.6 Å². The van der Waals surface area contributed by atoms with Gasteiger partial charge in [-0.2, -0.15) is 0 Å². The fraction of sp³-hybridized carbons (Fsp3) is 0.750. The van der Waals surface area contributed by atoms with E-state index in [1.54, 1.807) is 0 Å². The quantitative estimate of drug-likeness (QED) is 0.733. The Labute approximate surface area is 126 Å². The number of piperidine rings is 1. The number of carboxylic acid groups (broad SMARTS) is 1. The van der Waals surface area contributed by atoms with Crippen LogP contribution in [-0.2, 0) is 9.59 Å². The van der Waals surface area contributed by atoms with E-state index >= 15 is 0 Å². The predicted molar refractivity (Wildman–Crippen MR) is 81.0 cm³/mol. The molecule has 1 amide bonds. The Morgan fingerprint density at radius 3 is 2.90 bits per heavy atom. The SMILES string of the molecule is O=C(O)CNCC1CCCN(C(=O)CC2=CCCCC2)C1. The molecular weight excluding hydrogens is 268 g/mol. The lowest BCUT2D eigenvalue weighted by Gasteiger charge is -2.33. The van der Waals surface area contributed by atoms with Gasteiger partial charge in [0.05, 0.1) is 6.54 Å². The zero-order valence-corrected chi connectivity index (χ0v) is 12.6. The number of amides is 1. The smallest absolute Gasteiger partial charge is 0.317 e. The van der Waals surface area contributed by atoms with Gasteiger partial charge in [0.15, 0.2) is 0 Å². The summed E-state index contributed by atoms with van der Waals surface area (Å²) in [5.74, 6) is -0.212. The van der Waals surface area contributed by atoms with E-state index in [4.69, 9.17) is 5.11 Å². The maximum Gasteiger partial charge on any atom is 0.317 e. The molecule has 1 aliphatic heterocycles. The second-order valence-electron chi connectivity index (χ2n) is 6.16. The van der Waals surface area contributed by atoms with Gasteiger partial charge >= 0.3 is 5.97 Å². The summed E-state index contributed by atoms with van der Waals surface area (Å²) in [7, 11) is 0. The monoisotopic (exact) mass is 294 g/mol. The van der Waals surface area contributed by atoms with Gasteiger partial charge in [-0.15, -0.1) is 0 Å². The first kappa shape index (κ1) is 16.0. The van der Waals surface area contributed by atoms with Gasteiger partial charge in [-0.3, -0.25) is 9.59 Å². The number of nitrogens with one attached hydrogen (secondary N) is 1. The lowest BCUT2D eigenvalue weighted by molar-refractivity contribution is -0.136. The highest BCUT2D eigenvalue weighted by Gasteiger charge is 2.24. The number of allylic oxidation sites excluding steroid dienone is 1.